The van der Waals surface area contributed by atoms with E-state index in [9.17, 15) is 0 Å². The molecular formula is C14H18N4O. The minimum atomic E-state index is 0.125. The van der Waals surface area contributed by atoms with Crippen molar-refractivity contribution in [3.05, 3.63) is 41.7 Å². The normalized spacial score (nSPS) is 11.9. The first kappa shape index (κ1) is 13.1. The molecule has 0 fully saturated rings. The number of aromatic nitrogens is 2. The van der Waals surface area contributed by atoms with Crippen LogP contribution in [0.5, 0.6) is 5.75 Å². The molecular weight excluding hydrogens is 240 g/mol. The molecule has 2 aromatic rings. The molecule has 1 aromatic heterocycles. The number of anilines is 2. The number of hydrogen-bond donors (Lipinski definition) is 2. The van der Waals surface area contributed by atoms with Crippen molar-refractivity contribution in [3.63, 3.8) is 0 Å². The van der Waals surface area contributed by atoms with Gasteiger partial charge in [-0.05, 0) is 31.5 Å². The molecule has 0 radical (unpaired) electrons. The van der Waals surface area contributed by atoms with Gasteiger partial charge in [0.05, 0.1) is 7.11 Å². The van der Waals surface area contributed by atoms with Gasteiger partial charge in [-0.2, -0.15) is 0 Å². The molecule has 0 spiro atoms. The number of nitrogens with one attached hydrogen (secondary N) is 1. The Bertz CT molecular complexity index is 534. The van der Waals surface area contributed by atoms with Crippen molar-refractivity contribution >= 4 is 11.6 Å². The summed E-state index contributed by atoms with van der Waals surface area (Å²) in [6.07, 6.45) is 0. The van der Waals surface area contributed by atoms with Crippen LogP contribution in [0.4, 0.5) is 11.6 Å². The fraction of sp³-hybridized carbons (Fsp3) is 0.286. The Kier molecular flexibility index (Phi) is 3.85. The lowest BCUT2D eigenvalue weighted by Gasteiger charge is -2.15. The number of methoxy groups -OCH3 is 1. The Hall–Kier alpha value is -2.30. The Morgan fingerprint density at radius 1 is 1.21 bits per heavy atom. The zero-order valence-corrected chi connectivity index (χ0v) is 11.3. The SMILES string of the molecule is COc1ccc(C(C)Nc2cc(N)nc(C)n2)cc1. The van der Waals surface area contributed by atoms with Gasteiger partial charge in [-0.15, -0.1) is 0 Å². The number of ether oxygens (including phenoxy) is 1. The third kappa shape index (κ3) is 3.34. The van der Waals surface area contributed by atoms with Crippen molar-refractivity contribution in [2.75, 3.05) is 18.2 Å². The van der Waals surface area contributed by atoms with Crippen molar-refractivity contribution in [1.82, 2.24) is 9.97 Å². The molecule has 0 saturated heterocycles. The Balaban J connectivity index is 2.13. The molecule has 3 N–H and O–H groups in total. The topological polar surface area (TPSA) is 73.1 Å². The highest BCUT2D eigenvalue weighted by atomic mass is 16.5. The minimum Gasteiger partial charge on any atom is -0.497 e. The maximum Gasteiger partial charge on any atom is 0.132 e. The molecule has 1 unspecified atom stereocenters. The number of nitrogens with zero attached hydrogens (tertiary/aromatic N) is 2. The molecule has 1 aromatic carbocycles. The van der Waals surface area contributed by atoms with Crippen LogP contribution < -0.4 is 15.8 Å². The fourth-order valence-electron chi connectivity index (χ4n) is 1.86. The van der Waals surface area contributed by atoms with Gasteiger partial charge in [-0.25, -0.2) is 9.97 Å². The predicted molar refractivity (Wildman–Crippen MR) is 76.2 cm³/mol. The first-order valence-electron chi connectivity index (χ1n) is 6.10. The molecule has 0 aliphatic heterocycles. The third-order valence-electron chi connectivity index (χ3n) is 2.84. The van der Waals surface area contributed by atoms with Crippen LogP contribution >= 0.6 is 0 Å². The van der Waals surface area contributed by atoms with Crippen molar-refractivity contribution in [3.8, 4) is 5.75 Å². The van der Waals surface area contributed by atoms with Crippen molar-refractivity contribution < 1.29 is 4.74 Å². The summed E-state index contributed by atoms with van der Waals surface area (Å²) in [5.41, 5.74) is 6.85. The number of rotatable bonds is 4. The molecule has 0 aliphatic carbocycles. The van der Waals surface area contributed by atoms with Gasteiger partial charge in [0, 0.05) is 12.1 Å². The van der Waals surface area contributed by atoms with Crippen LogP contribution in [0.25, 0.3) is 0 Å². The van der Waals surface area contributed by atoms with E-state index < -0.39 is 0 Å². The van der Waals surface area contributed by atoms with Crippen LogP contribution in [0.15, 0.2) is 30.3 Å². The standard InChI is InChI=1S/C14H18N4O/c1-9(11-4-6-12(19-3)7-5-11)16-14-8-13(15)17-10(2)18-14/h4-9H,1-3H3,(H3,15,16,17,18). The van der Waals surface area contributed by atoms with Gasteiger partial charge < -0.3 is 15.8 Å². The van der Waals surface area contributed by atoms with Crippen LogP contribution in [0, 0.1) is 6.92 Å². The van der Waals surface area contributed by atoms with Gasteiger partial charge in [0.2, 0.25) is 0 Å². The lowest BCUT2D eigenvalue weighted by molar-refractivity contribution is 0.414. The minimum absolute atomic E-state index is 0.125. The molecule has 0 aliphatic rings. The van der Waals surface area contributed by atoms with Crippen molar-refractivity contribution in [1.29, 1.82) is 0 Å². The number of aryl methyl sites for hydroxylation is 1. The average molecular weight is 258 g/mol. The smallest absolute Gasteiger partial charge is 0.132 e. The number of nitrogen functional groups attached to an aromatic ring is 1. The maximum atomic E-state index is 5.70. The van der Waals surface area contributed by atoms with Gasteiger partial charge in [0.1, 0.15) is 23.2 Å². The predicted octanol–water partition coefficient (Wildman–Crippen LogP) is 2.55. The Morgan fingerprint density at radius 3 is 2.47 bits per heavy atom. The van der Waals surface area contributed by atoms with Gasteiger partial charge in [0.25, 0.3) is 0 Å². The molecule has 1 atom stereocenters. The largest absolute Gasteiger partial charge is 0.497 e. The lowest BCUT2D eigenvalue weighted by Crippen LogP contribution is -2.09. The van der Waals surface area contributed by atoms with Crippen LogP contribution in [-0.4, -0.2) is 17.1 Å². The molecule has 19 heavy (non-hydrogen) atoms. The van der Waals surface area contributed by atoms with Gasteiger partial charge in [0.15, 0.2) is 0 Å². The summed E-state index contributed by atoms with van der Waals surface area (Å²) in [5, 5.41) is 3.31. The second kappa shape index (κ2) is 5.56. The molecule has 1 heterocycles. The fourth-order valence-corrected chi connectivity index (χ4v) is 1.86. The summed E-state index contributed by atoms with van der Waals surface area (Å²) in [7, 11) is 1.66. The summed E-state index contributed by atoms with van der Waals surface area (Å²) < 4.78 is 5.14. The number of hydrogen-bond acceptors (Lipinski definition) is 5. The summed E-state index contributed by atoms with van der Waals surface area (Å²) in [5.74, 6) is 2.70. The van der Waals surface area contributed by atoms with Crippen LogP contribution in [-0.2, 0) is 0 Å². The molecule has 5 heteroatoms. The lowest BCUT2D eigenvalue weighted by atomic mass is 10.1. The number of benzene rings is 1. The molecule has 0 bridgehead atoms. The van der Waals surface area contributed by atoms with Gasteiger partial charge in [-0.1, -0.05) is 12.1 Å². The second-order valence-electron chi connectivity index (χ2n) is 4.36. The van der Waals surface area contributed by atoms with Crippen LogP contribution in [0.2, 0.25) is 0 Å². The zero-order valence-electron chi connectivity index (χ0n) is 11.3. The average Bonchev–Trinajstić information content (AvgIpc) is 2.37. The van der Waals surface area contributed by atoms with E-state index in [0.717, 1.165) is 17.1 Å². The molecule has 0 saturated carbocycles. The molecule has 5 nitrogen and oxygen atoms in total. The van der Waals surface area contributed by atoms with E-state index in [1.165, 1.54) is 0 Å². The highest BCUT2D eigenvalue weighted by molar-refractivity contribution is 5.46. The Labute approximate surface area is 112 Å². The van der Waals surface area contributed by atoms with Gasteiger partial charge in [-0.3, -0.25) is 0 Å². The highest BCUT2D eigenvalue weighted by Crippen LogP contribution is 2.21. The van der Waals surface area contributed by atoms with Crippen molar-refractivity contribution in [2.45, 2.75) is 19.9 Å². The summed E-state index contributed by atoms with van der Waals surface area (Å²) in [6, 6.07) is 9.77. The van der Waals surface area contributed by atoms with Crippen LogP contribution in [0.1, 0.15) is 24.4 Å². The van der Waals surface area contributed by atoms with E-state index >= 15 is 0 Å². The quantitative estimate of drug-likeness (QED) is 0.881. The Morgan fingerprint density at radius 2 is 1.89 bits per heavy atom. The molecule has 0 amide bonds. The van der Waals surface area contributed by atoms with E-state index in [-0.39, 0.29) is 6.04 Å². The molecule has 100 valence electrons. The van der Waals surface area contributed by atoms with E-state index in [4.69, 9.17) is 10.5 Å². The first-order valence-corrected chi connectivity index (χ1v) is 6.10. The van der Waals surface area contributed by atoms with E-state index in [0.29, 0.717) is 11.6 Å². The van der Waals surface area contributed by atoms with Gasteiger partial charge >= 0.3 is 0 Å². The van der Waals surface area contributed by atoms with E-state index in [1.807, 2.05) is 31.2 Å². The zero-order chi connectivity index (χ0) is 13.8. The van der Waals surface area contributed by atoms with E-state index in [2.05, 4.69) is 22.2 Å². The highest BCUT2D eigenvalue weighted by Gasteiger charge is 2.07. The van der Waals surface area contributed by atoms with E-state index in [1.54, 1.807) is 13.2 Å². The third-order valence-corrected chi connectivity index (χ3v) is 2.84. The number of nitrogens with two attached hydrogens (primary N) is 1. The molecule has 2 rings (SSSR count). The summed E-state index contributed by atoms with van der Waals surface area (Å²) >= 11 is 0. The monoisotopic (exact) mass is 258 g/mol. The first-order chi connectivity index (χ1) is 9.08. The maximum absolute atomic E-state index is 5.70. The summed E-state index contributed by atoms with van der Waals surface area (Å²) in [4.78, 5) is 8.35. The second-order valence-corrected chi connectivity index (χ2v) is 4.36. The summed E-state index contributed by atoms with van der Waals surface area (Å²) in [6.45, 7) is 3.88. The van der Waals surface area contributed by atoms with Crippen LogP contribution in [0.3, 0.4) is 0 Å². The van der Waals surface area contributed by atoms with Crippen molar-refractivity contribution in [2.24, 2.45) is 0 Å².